The van der Waals surface area contributed by atoms with E-state index in [4.69, 9.17) is 4.74 Å². The van der Waals surface area contributed by atoms with Gasteiger partial charge in [-0.25, -0.2) is 0 Å². The van der Waals surface area contributed by atoms with Gasteiger partial charge >= 0.3 is 0 Å². The SMILES string of the molecule is CCCCCCOCC(O)CNC1CC1CCC. The molecule has 0 aliphatic heterocycles. The fourth-order valence-electron chi connectivity index (χ4n) is 2.38. The number of ether oxygens (including phenoxy) is 1. The van der Waals surface area contributed by atoms with E-state index in [0.29, 0.717) is 19.2 Å². The average Bonchev–Trinajstić information content (AvgIpc) is 3.10. The zero-order valence-corrected chi connectivity index (χ0v) is 12.2. The van der Waals surface area contributed by atoms with Crippen LogP contribution in [-0.4, -0.2) is 37.0 Å². The van der Waals surface area contributed by atoms with Crippen molar-refractivity contribution in [2.75, 3.05) is 19.8 Å². The summed E-state index contributed by atoms with van der Waals surface area (Å²) in [6, 6.07) is 0.657. The van der Waals surface area contributed by atoms with E-state index in [1.54, 1.807) is 0 Å². The molecule has 1 aliphatic carbocycles. The molecule has 18 heavy (non-hydrogen) atoms. The molecule has 3 atom stereocenters. The Morgan fingerprint density at radius 2 is 2.06 bits per heavy atom. The van der Waals surface area contributed by atoms with E-state index < -0.39 is 0 Å². The zero-order valence-electron chi connectivity index (χ0n) is 12.2. The molecule has 0 bridgehead atoms. The topological polar surface area (TPSA) is 41.5 Å². The molecule has 1 fully saturated rings. The van der Waals surface area contributed by atoms with Crippen LogP contribution in [0, 0.1) is 5.92 Å². The normalized spacial score (nSPS) is 24.2. The first-order chi connectivity index (χ1) is 8.77. The predicted octanol–water partition coefficient (Wildman–Crippen LogP) is 2.72. The molecule has 1 aliphatic rings. The van der Waals surface area contributed by atoms with Gasteiger partial charge in [0.1, 0.15) is 0 Å². The molecule has 0 radical (unpaired) electrons. The Hall–Kier alpha value is -0.120. The summed E-state index contributed by atoms with van der Waals surface area (Å²) >= 11 is 0. The maximum atomic E-state index is 9.76. The molecule has 0 saturated heterocycles. The number of nitrogens with one attached hydrogen (secondary N) is 1. The maximum Gasteiger partial charge on any atom is 0.0897 e. The van der Waals surface area contributed by atoms with E-state index >= 15 is 0 Å². The van der Waals surface area contributed by atoms with Gasteiger partial charge in [0.15, 0.2) is 0 Å². The fraction of sp³-hybridized carbons (Fsp3) is 1.00. The lowest BCUT2D eigenvalue weighted by molar-refractivity contribution is 0.0351. The van der Waals surface area contributed by atoms with Crippen molar-refractivity contribution >= 4 is 0 Å². The molecule has 0 aromatic heterocycles. The van der Waals surface area contributed by atoms with Crippen molar-refractivity contribution in [1.29, 1.82) is 0 Å². The largest absolute Gasteiger partial charge is 0.389 e. The summed E-state index contributed by atoms with van der Waals surface area (Å²) in [6.07, 6.45) is 8.44. The lowest BCUT2D eigenvalue weighted by Crippen LogP contribution is -2.32. The molecule has 0 spiro atoms. The average molecular weight is 257 g/mol. The highest BCUT2D eigenvalue weighted by Gasteiger charge is 2.35. The van der Waals surface area contributed by atoms with Crippen LogP contribution in [0.1, 0.15) is 58.8 Å². The highest BCUT2D eigenvalue weighted by Crippen LogP contribution is 2.34. The molecule has 0 aromatic rings. The second-order valence-corrected chi connectivity index (χ2v) is 5.59. The minimum Gasteiger partial charge on any atom is -0.389 e. The lowest BCUT2D eigenvalue weighted by Gasteiger charge is -2.12. The monoisotopic (exact) mass is 257 g/mol. The van der Waals surface area contributed by atoms with Gasteiger partial charge in [0.05, 0.1) is 12.7 Å². The van der Waals surface area contributed by atoms with Crippen molar-refractivity contribution < 1.29 is 9.84 Å². The number of unbranched alkanes of at least 4 members (excludes halogenated alkanes) is 3. The van der Waals surface area contributed by atoms with E-state index in [9.17, 15) is 5.11 Å². The fourth-order valence-corrected chi connectivity index (χ4v) is 2.38. The zero-order chi connectivity index (χ0) is 13.2. The Labute approximate surface area is 112 Å². The predicted molar refractivity (Wildman–Crippen MR) is 75.8 cm³/mol. The molecule has 3 nitrogen and oxygen atoms in total. The number of aliphatic hydroxyl groups is 1. The molecule has 0 amide bonds. The molecular weight excluding hydrogens is 226 g/mol. The van der Waals surface area contributed by atoms with E-state index in [0.717, 1.165) is 18.9 Å². The van der Waals surface area contributed by atoms with Crippen LogP contribution < -0.4 is 5.32 Å². The molecule has 1 saturated carbocycles. The van der Waals surface area contributed by atoms with E-state index in [-0.39, 0.29) is 6.10 Å². The molecule has 2 N–H and O–H groups in total. The third kappa shape index (κ3) is 7.34. The number of hydrogen-bond donors (Lipinski definition) is 2. The summed E-state index contributed by atoms with van der Waals surface area (Å²) in [5.74, 6) is 0.858. The van der Waals surface area contributed by atoms with E-state index in [1.165, 1.54) is 38.5 Å². The summed E-state index contributed by atoms with van der Waals surface area (Å²) in [6.45, 7) is 6.39. The van der Waals surface area contributed by atoms with Gasteiger partial charge < -0.3 is 15.2 Å². The van der Waals surface area contributed by atoms with Crippen LogP contribution in [-0.2, 0) is 4.74 Å². The van der Waals surface area contributed by atoms with Gasteiger partial charge in [0.2, 0.25) is 0 Å². The second kappa shape index (κ2) is 9.76. The third-order valence-electron chi connectivity index (χ3n) is 3.65. The third-order valence-corrected chi connectivity index (χ3v) is 3.65. The van der Waals surface area contributed by atoms with Crippen molar-refractivity contribution in [3.8, 4) is 0 Å². The van der Waals surface area contributed by atoms with Gasteiger partial charge in [-0.2, -0.15) is 0 Å². The lowest BCUT2D eigenvalue weighted by atomic mass is 10.2. The van der Waals surface area contributed by atoms with Crippen molar-refractivity contribution in [1.82, 2.24) is 5.32 Å². The van der Waals surface area contributed by atoms with Crippen LogP contribution in [0.5, 0.6) is 0 Å². The smallest absolute Gasteiger partial charge is 0.0897 e. The van der Waals surface area contributed by atoms with Crippen LogP contribution >= 0.6 is 0 Å². The van der Waals surface area contributed by atoms with E-state index in [2.05, 4.69) is 19.2 Å². The van der Waals surface area contributed by atoms with Gasteiger partial charge in [0, 0.05) is 19.2 Å². The molecule has 108 valence electrons. The van der Waals surface area contributed by atoms with Gasteiger partial charge in [-0.05, 0) is 25.2 Å². The van der Waals surface area contributed by atoms with Crippen molar-refractivity contribution in [2.45, 2.75) is 70.9 Å². The van der Waals surface area contributed by atoms with Gasteiger partial charge in [-0.15, -0.1) is 0 Å². The van der Waals surface area contributed by atoms with Crippen molar-refractivity contribution in [3.05, 3.63) is 0 Å². The minimum atomic E-state index is -0.348. The second-order valence-electron chi connectivity index (χ2n) is 5.59. The van der Waals surface area contributed by atoms with Crippen LogP contribution in [0.2, 0.25) is 0 Å². The number of rotatable bonds is 12. The summed E-state index contributed by atoms with van der Waals surface area (Å²) in [5.41, 5.74) is 0. The molecule has 0 aromatic carbocycles. The Balaban J connectivity index is 1.84. The quantitative estimate of drug-likeness (QED) is 0.528. The standard InChI is InChI=1S/C15H31NO2/c1-3-5-6-7-9-18-12-14(17)11-16-15-10-13(15)8-4-2/h13-17H,3-12H2,1-2H3. The first kappa shape index (κ1) is 15.9. The van der Waals surface area contributed by atoms with Gasteiger partial charge in [0.25, 0.3) is 0 Å². The summed E-state index contributed by atoms with van der Waals surface area (Å²) in [4.78, 5) is 0. The van der Waals surface area contributed by atoms with Crippen LogP contribution in [0.4, 0.5) is 0 Å². The Bertz CT molecular complexity index is 199. The summed E-state index contributed by atoms with van der Waals surface area (Å²) in [7, 11) is 0. The van der Waals surface area contributed by atoms with Crippen LogP contribution in [0.15, 0.2) is 0 Å². The maximum absolute atomic E-state index is 9.76. The first-order valence-electron chi connectivity index (χ1n) is 7.77. The highest BCUT2D eigenvalue weighted by atomic mass is 16.5. The molecule has 1 rings (SSSR count). The van der Waals surface area contributed by atoms with Crippen LogP contribution in [0.3, 0.4) is 0 Å². The van der Waals surface area contributed by atoms with Gasteiger partial charge in [-0.3, -0.25) is 0 Å². The molecule has 3 heteroatoms. The number of aliphatic hydroxyl groups excluding tert-OH is 1. The summed E-state index contributed by atoms with van der Waals surface area (Å²) in [5, 5.41) is 13.2. The van der Waals surface area contributed by atoms with Crippen molar-refractivity contribution in [2.24, 2.45) is 5.92 Å². The minimum absolute atomic E-state index is 0.348. The Morgan fingerprint density at radius 1 is 1.22 bits per heavy atom. The Morgan fingerprint density at radius 3 is 2.78 bits per heavy atom. The van der Waals surface area contributed by atoms with Crippen molar-refractivity contribution in [3.63, 3.8) is 0 Å². The van der Waals surface area contributed by atoms with Crippen LogP contribution in [0.25, 0.3) is 0 Å². The number of hydrogen-bond acceptors (Lipinski definition) is 3. The molecule has 3 unspecified atom stereocenters. The Kier molecular flexibility index (Phi) is 8.64. The first-order valence-corrected chi connectivity index (χ1v) is 7.77. The van der Waals surface area contributed by atoms with Gasteiger partial charge in [-0.1, -0.05) is 39.5 Å². The highest BCUT2D eigenvalue weighted by molar-refractivity contribution is 4.92. The summed E-state index contributed by atoms with van der Waals surface area (Å²) < 4.78 is 5.48. The molecular formula is C15H31NO2. The van der Waals surface area contributed by atoms with E-state index in [1.807, 2.05) is 0 Å². The molecule has 0 heterocycles.